The summed E-state index contributed by atoms with van der Waals surface area (Å²) in [6.07, 6.45) is 13.3. The van der Waals surface area contributed by atoms with Gasteiger partial charge in [0.05, 0.1) is 11.7 Å². The minimum atomic E-state index is -0.463. The summed E-state index contributed by atoms with van der Waals surface area (Å²) >= 11 is 0. The van der Waals surface area contributed by atoms with Gasteiger partial charge in [-0.05, 0) is 58.3 Å². The highest BCUT2D eigenvalue weighted by molar-refractivity contribution is 5.11. The van der Waals surface area contributed by atoms with Gasteiger partial charge in [-0.2, -0.15) is 0 Å². The summed E-state index contributed by atoms with van der Waals surface area (Å²) in [5.41, 5.74) is 2.31. The number of rotatable bonds is 2. The van der Waals surface area contributed by atoms with Crippen LogP contribution in [0.3, 0.4) is 0 Å². The number of aliphatic hydroxyl groups excluding tert-OH is 1. The highest BCUT2D eigenvalue weighted by Crippen LogP contribution is 2.26. The van der Waals surface area contributed by atoms with Crippen molar-refractivity contribution < 1.29 is 9.84 Å². The average molecular weight is 321 g/mol. The Morgan fingerprint density at radius 2 is 1.91 bits per heavy atom. The maximum atomic E-state index is 10.4. The molecule has 0 heterocycles. The van der Waals surface area contributed by atoms with Gasteiger partial charge in [-0.3, -0.25) is 0 Å². The molecule has 1 aliphatic rings. The summed E-state index contributed by atoms with van der Waals surface area (Å²) in [5, 5.41) is 10.4. The Morgan fingerprint density at radius 3 is 2.52 bits per heavy atom. The van der Waals surface area contributed by atoms with Crippen LogP contribution in [0.1, 0.15) is 66.7 Å². The summed E-state index contributed by atoms with van der Waals surface area (Å²) in [5.74, 6) is 1.16. The third-order valence-corrected chi connectivity index (χ3v) is 5.01. The van der Waals surface area contributed by atoms with Gasteiger partial charge in [0.1, 0.15) is 0 Å². The fourth-order valence-electron chi connectivity index (χ4n) is 3.13. The summed E-state index contributed by atoms with van der Waals surface area (Å²) in [4.78, 5) is 0. The number of aliphatic hydroxyl groups is 1. The van der Waals surface area contributed by atoms with Gasteiger partial charge >= 0.3 is 0 Å². The maximum absolute atomic E-state index is 10.4. The fraction of sp³-hybridized carbons (Fsp3) is 0.714. The van der Waals surface area contributed by atoms with Crippen molar-refractivity contribution in [3.8, 4) is 0 Å². The lowest BCUT2D eigenvalue weighted by Crippen LogP contribution is -2.30. The predicted molar refractivity (Wildman–Crippen MR) is 99.5 cm³/mol. The van der Waals surface area contributed by atoms with Crippen molar-refractivity contribution in [3.05, 3.63) is 35.5 Å². The van der Waals surface area contributed by atoms with Gasteiger partial charge in [0, 0.05) is 13.5 Å². The smallest absolute Gasteiger partial charge is 0.0858 e. The van der Waals surface area contributed by atoms with Crippen LogP contribution < -0.4 is 0 Å². The number of allylic oxidation sites excluding steroid dienone is 4. The van der Waals surface area contributed by atoms with Crippen LogP contribution in [-0.4, -0.2) is 23.9 Å². The second-order valence-corrected chi connectivity index (χ2v) is 7.70. The molecule has 23 heavy (non-hydrogen) atoms. The van der Waals surface area contributed by atoms with Gasteiger partial charge in [-0.15, -0.1) is 0 Å². The highest BCUT2D eigenvalue weighted by atomic mass is 16.5. The molecule has 2 heteroatoms. The van der Waals surface area contributed by atoms with E-state index < -0.39 is 11.7 Å². The molecule has 0 bridgehead atoms. The molecule has 0 aromatic rings. The highest BCUT2D eigenvalue weighted by Gasteiger charge is 2.24. The first-order valence-corrected chi connectivity index (χ1v) is 9.01. The van der Waals surface area contributed by atoms with Gasteiger partial charge in [0.25, 0.3) is 0 Å². The van der Waals surface area contributed by atoms with E-state index in [2.05, 4.69) is 52.8 Å². The summed E-state index contributed by atoms with van der Waals surface area (Å²) in [6, 6.07) is 0. The topological polar surface area (TPSA) is 29.5 Å². The Bertz CT molecular complexity index is 445. The molecular weight excluding hydrogens is 284 g/mol. The fourth-order valence-corrected chi connectivity index (χ4v) is 3.13. The second kappa shape index (κ2) is 9.44. The number of hydrogen-bond acceptors (Lipinski definition) is 2. The lowest BCUT2D eigenvalue weighted by atomic mass is 9.86. The summed E-state index contributed by atoms with van der Waals surface area (Å²) in [7, 11) is 1.73. The molecule has 0 spiro atoms. The normalized spacial score (nSPS) is 31.5. The summed E-state index contributed by atoms with van der Waals surface area (Å²) < 4.78 is 5.71. The molecule has 0 amide bonds. The Hall–Kier alpha value is -0.860. The molecule has 0 aromatic carbocycles. The standard InChI is InChI=1S/C21H36O2/c1-16(2)19-11-10-17(3)8-7-9-18(4)14-20(22)15-21(5,23-6)13-12-19/h8,12-14,16,19-20,22H,7,9-11,15H2,1-6H3/t19-,20+,21+/m1/s1. The van der Waals surface area contributed by atoms with E-state index in [1.165, 1.54) is 17.6 Å². The molecule has 1 aliphatic carbocycles. The predicted octanol–water partition coefficient (Wildman–Crippen LogP) is 5.44. The molecule has 1 N–H and O–H groups in total. The van der Waals surface area contributed by atoms with Gasteiger partial charge in [-0.1, -0.05) is 49.3 Å². The number of methoxy groups -OCH3 is 1. The monoisotopic (exact) mass is 320 g/mol. The molecule has 1 rings (SSSR count). The van der Waals surface area contributed by atoms with E-state index >= 15 is 0 Å². The molecule has 0 radical (unpaired) electrons. The average Bonchev–Trinajstić information content (AvgIpc) is 2.45. The minimum Gasteiger partial charge on any atom is -0.389 e. The van der Waals surface area contributed by atoms with Crippen molar-refractivity contribution in [1.82, 2.24) is 0 Å². The van der Waals surface area contributed by atoms with Crippen LogP contribution in [0, 0.1) is 11.8 Å². The van der Waals surface area contributed by atoms with Crippen LogP contribution >= 0.6 is 0 Å². The number of ether oxygens (including phenoxy) is 1. The SMILES string of the molecule is CO[C@@]1(C)C=C[C@H](C(C)C)CCC(C)=CCCC(C)=C[C@H](O)C1. The van der Waals surface area contributed by atoms with Crippen molar-refractivity contribution in [1.29, 1.82) is 0 Å². The lowest BCUT2D eigenvalue weighted by molar-refractivity contribution is 0.0126. The Kier molecular flexibility index (Phi) is 8.28. The van der Waals surface area contributed by atoms with Crippen molar-refractivity contribution in [2.24, 2.45) is 11.8 Å². The van der Waals surface area contributed by atoms with Crippen molar-refractivity contribution >= 4 is 0 Å². The molecule has 0 aliphatic heterocycles. The van der Waals surface area contributed by atoms with Gasteiger partial charge in [0.15, 0.2) is 0 Å². The lowest BCUT2D eigenvalue weighted by Gasteiger charge is -2.28. The van der Waals surface area contributed by atoms with E-state index in [0.717, 1.165) is 19.3 Å². The largest absolute Gasteiger partial charge is 0.389 e. The van der Waals surface area contributed by atoms with Crippen molar-refractivity contribution in [2.45, 2.75) is 78.4 Å². The zero-order valence-electron chi connectivity index (χ0n) is 15.9. The van der Waals surface area contributed by atoms with E-state index in [-0.39, 0.29) is 0 Å². The third kappa shape index (κ3) is 7.50. The van der Waals surface area contributed by atoms with Crippen LogP contribution in [0.25, 0.3) is 0 Å². The molecular formula is C21H36O2. The second-order valence-electron chi connectivity index (χ2n) is 7.70. The van der Waals surface area contributed by atoms with E-state index in [4.69, 9.17) is 4.74 Å². The van der Waals surface area contributed by atoms with Gasteiger partial charge < -0.3 is 9.84 Å². The van der Waals surface area contributed by atoms with Crippen molar-refractivity contribution in [3.63, 3.8) is 0 Å². The molecule has 2 nitrogen and oxygen atoms in total. The third-order valence-electron chi connectivity index (χ3n) is 5.01. The molecule has 132 valence electrons. The van der Waals surface area contributed by atoms with Crippen molar-refractivity contribution in [2.75, 3.05) is 7.11 Å². The molecule has 0 aromatic heterocycles. The number of hydrogen-bond donors (Lipinski definition) is 1. The summed E-state index contributed by atoms with van der Waals surface area (Å²) in [6.45, 7) is 11.0. The van der Waals surface area contributed by atoms with E-state index in [1.54, 1.807) is 7.11 Å². The Balaban J connectivity index is 3.04. The Morgan fingerprint density at radius 1 is 1.22 bits per heavy atom. The molecule has 0 fully saturated rings. The Labute approximate surface area is 143 Å². The zero-order chi connectivity index (χ0) is 17.5. The molecule has 0 saturated heterocycles. The molecule has 0 saturated carbocycles. The minimum absolute atomic E-state index is 0.418. The van der Waals surface area contributed by atoms with Crippen LogP contribution in [0.2, 0.25) is 0 Å². The molecule has 3 atom stereocenters. The van der Waals surface area contributed by atoms with Crippen LogP contribution in [0.5, 0.6) is 0 Å². The first-order valence-electron chi connectivity index (χ1n) is 9.01. The quantitative estimate of drug-likeness (QED) is 0.687. The van der Waals surface area contributed by atoms with Crippen LogP contribution in [0.4, 0.5) is 0 Å². The first-order chi connectivity index (χ1) is 10.8. The first kappa shape index (κ1) is 20.2. The van der Waals surface area contributed by atoms with E-state index in [9.17, 15) is 5.11 Å². The zero-order valence-corrected chi connectivity index (χ0v) is 15.9. The maximum Gasteiger partial charge on any atom is 0.0858 e. The van der Waals surface area contributed by atoms with E-state index in [1.807, 2.05) is 6.08 Å². The molecule has 0 unspecified atom stereocenters. The van der Waals surface area contributed by atoms with Gasteiger partial charge in [0.2, 0.25) is 0 Å². The van der Waals surface area contributed by atoms with Gasteiger partial charge in [-0.25, -0.2) is 0 Å². The van der Waals surface area contributed by atoms with Crippen LogP contribution in [0.15, 0.2) is 35.5 Å². The van der Waals surface area contributed by atoms with Crippen LogP contribution in [-0.2, 0) is 4.74 Å². The van der Waals surface area contributed by atoms with E-state index in [0.29, 0.717) is 18.3 Å².